The third-order valence-electron chi connectivity index (χ3n) is 3.74. The van der Waals surface area contributed by atoms with Crippen LogP contribution in [0.1, 0.15) is 12.0 Å². The summed E-state index contributed by atoms with van der Waals surface area (Å²) in [4.78, 5) is 14.0. The first-order valence-electron chi connectivity index (χ1n) is 6.92. The summed E-state index contributed by atoms with van der Waals surface area (Å²) < 4.78 is 50.6. The molecule has 1 saturated heterocycles. The number of ether oxygens (including phenoxy) is 2. The number of halogens is 3. The minimum Gasteiger partial charge on any atom is -0.433 e. The minimum absolute atomic E-state index is 0.0302. The molecule has 126 valence electrons. The summed E-state index contributed by atoms with van der Waals surface area (Å²) in [5, 5.41) is 11.0. The van der Waals surface area contributed by atoms with Gasteiger partial charge in [-0.1, -0.05) is 18.2 Å². The van der Waals surface area contributed by atoms with Gasteiger partial charge in [0.15, 0.2) is 5.60 Å². The number of pyridine rings is 1. The lowest BCUT2D eigenvalue weighted by molar-refractivity contribution is -0.386. The Hall–Kier alpha value is -2.68. The van der Waals surface area contributed by atoms with Gasteiger partial charge in [-0.3, -0.25) is 10.1 Å². The molecule has 0 saturated carbocycles. The van der Waals surface area contributed by atoms with Crippen LogP contribution in [0.15, 0.2) is 42.6 Å². The molecule has 1 atom stereocenters. The quantitative estimate of drug-likeness (QED) is 0.622. The van der Waals surface area contributed by atoms with E-state index in [1.165, 1.54) is 36.5 Å². The van der Waals surface area contributed by atoms with E-state index in [-0.39, 0.29) is 30.2 Å². The van der Waals surface area contributed by atoms with Crippen LogP contribution >= 0.6 is 0 Å². The molecule has 0 amide bonds. The van der Waals surface area contributed by atoms with Crippen LogP contribution in [0.5, 0.6) is 11.6 Å². The maximum Gasteiger partial charge on any atom is 0.421 e. The Morgan fingerprint density at radius 2 is 1.96 bits per heavy atom. The summed E-state index contributed by atoms with van der Waals surface area (Å²) in [6.45, 7) is -0.0302. The Morgan fingerprint density at radius 3 is 2.54 bits per heavy atom. The number of rotatable bonds is 4. The van der Waals surface area contributed by atoms with Crippen molar-refractivity contribution < 1.29 is 27.6 Å². The first-order valence-corrected chi connectivity index (χ1v) is 6.92. The van der Waals surface area contributed by atoms with Crippen LogP contribution < -0.4 is 4.74 Å². The Balaban J connectivity index is 2.04. The number of para-hydroxylation sites is 1. The number of hydrogen-bond donors (Lipinski definition) is 0. The molecule has 0 spiro atoms. The van der Waals surface area contributed by atoms with E-state index >= 15 is 0 Å². The van der Waals surface area contributed by atoms with E-state index in [4.69, 9.17) is 9.47 Å². The van der Waals surface area contributed by atoms with E-state index in [2.05, 4.69) is 4.98 Å². The first kappa shape index (κ1) is 16.2. The highest BCUT2D eigenvalue weighted by Crippen LogP contribution is 2.53. The van der Waals surface area contributed by atoms with E-state index in [0.717, 1.165) is 6.07 Å². The SMILES string of the molecule is O=[N+]([O-])c1cccnc1Oc1ccccc1C1(C(F)(F)F)CCO1. The largest absolute Gasteiger partial charge is 0.433 e. The van der Waals surface area contributed by atoms with Crippen molar-refractivity contribution in [1.82, 2.24) is 4.98 Å². The molecule has 24 heavy (non-hydrogen) atoms. The number of aromatic nitrogens is 1. The van der Waals surface area contributed by atoms with Crippen molar-refractivity contribution in [2.45, 2.75) is 18.2 Å². The third kappa shape index (κ3) is 2.56. The van der Waals surface area contributed by atoms with Crippen molar-refractivity contribution in [3.8, 4) is 11.6 Å². The Morgan fingerprint density at radius 1 is 1.25 bits per heavy atom. The second-order valence-electron chi connectivity index (χ2n) is 5.11. The van der Waals surface area contributed by atoms with E-state index < -0.39 is 22.4 Å². The Kier molecular flexibility index (Phi) is 3.88. The molecule has 2 aromatic rings. The van der Waals surface area contributed by atoms with Crippen LogP contribution in [0.3, 0.4) is 0 Å². The lowest BCUT2D eigenvalue weighted by Crippen LogP contribution is -2.52. The number of nitro groups is 1. The molecule has 1 unspecified atom stereocenters. The monoisotopic (exact) mass is 340 g/mol. The van der Waals surface area contributed by atoms with E-state index in [1.54, 1.807) is 0 Å². The summed E-state index contributed by atoms with van der Waals surface area (Å²) in [5.74, 6) is -0.567. The van der Waals surface area contributed by atoms with E-state index in [9.17, 15) is 23.3 Å². The molecular weight excluding hydrogens is 329 g/mol. The topological polar surface area (TPSA) is 74.5 Å². The summed E-state index contributed by atoms with van der Waals surface area (Å²) in [7, 11) is 0. The minimum atomic E-state index is -4.64. The molecule has 9 heteroatoms. The molecule has 1 aromatic heterocycles. The summed E-state index contributed by atoms with van der Waals surface area (Å²) >= 11 is 0. The van der Waals surface area contributed by atoms with E-state index in [0.29, 0.717) is 0 Å². The van der Waals surface area contributed by atoms with Crippen LogP contribution in [0.2, 0.25) is 0 Å². The average molecular weight is 340 g/mol. The van der Waals surface area contributed by atoms with Gasteiger partial charge in [0.2, 0.25) is 0 Å². The van der Waals surface area contributed by atoms with E-state index in [1.807, 2.05) is 0 Å². The lowest BCUT2D eigenvalue weighted by atomic mass is 9.85. The molecular formula is C15H11F3N2O4. The summed E-state index contributed by atoms with van der Waals surface area (Å²) in [6.07, 6.45) is -3.63. The van der Waals surface area contributed by atoms with Gasteiger partial charge < -0.3 is 9.47 Å². The van der Waals surface area contributed by atoms with Crippen LogP contribution in [0, 0.1) is 10.1 Å². The van der Waals surface area contributed by atoms with Crippen LogP contribution in [-0.4, -0.2) is 22.7 Å². The van der Waals surface area contributed by atoms with Crippen molar-refractivity contribution in [1.29, 1.82) is 0 Å². The number of nitrogens with zero attached hydrogens (tertiary/aromatic N) is 2. The maximum atomic E-state index is 13.5. The molecule has 1 aromatic carbocycles. The highest BCUT2D eigenvalue weighted by molar-refractivity contribution is 5.47. The van der Waals surface area contributed by atoms with Crippen LogP contribution in [0.25, 0.3) is 0 Å². The van der Waals surface area contributed by atoms with Gasteiger partial charge in [0.25, 0.3) is 5.88 Å². The first-order chi connectivity index (χ1) is 11.3. The highest BCUT2D eigenvalue weighted by Gasteiger charge is 2.62. The van der Waals surface area contributed by atoms with Crippen molar-refractivity contribution in [2.75, 3.05) is 6.61 Å². The van der Waals surface area contributed by atoms with Gasteiger partial charge in [0.05, 0.1) is 11.5 Å². The van der Waals surface area contributed by atoms with Gasteiger partial charge in [-0.15, -0.1) is 0 Å². The molecule has 2 heterocycles. The molecule has 6 nitrogen and oxygen atoms in total. The molecule has 0 N–H and O–H groups in total. The average Bonchev–Trinajstić information content (AvgIpc) is 2.46. The lowest BCUT2D eigenvalue weighted by Gasteiger charge is -2.43. The molecule has 0 bridgehead atoms. The highest BCUT2D eigenvalue weighted by atomic mass is 19.4. The molecule has 1 aliphatic rings. The Bertz CT molecular complexity index is 775. The fraction of sp³-hybridized carbons (Fsp3) is 0.267. The normalized spacial score (nSPS) is 20.3. The zero-order valence-corrected chi connectivity index (χ0v) is 12.1. The molecule has 1 fully saturated rings. The second-order valence-corrected chi connectivity index (χ2v) is 5.11. The molecule has 3 rings (SSSR count). The van der Waals surface area contributed by atoms with Gasteiger partial charge in [-0.25, -0.2) is 4.98 Å². The summed E-state index contributed by atoms with van der Waals surface area (Å²) in [5.41, 5.74) is -3.14. The standard InChI is InChI=1S/C15H11F3N2O4/c16-15(17,18)14(7-9-23-14)10-4-1-2-6-12(10)24-13-11(20(21)22)5-3-8-19-13/h1-6,8H,7,9H2. The number of alkyl halides is 3. The van der Waals surface area contributed by atoms with Crippen LogP contribution in [-0.2, 0) is 10.3 Å². The number of benzene rings is 1. The Labute approximate surface area is 134 Å². The molecule has 0 aliphatic carbocycles. The smallest absolute Gasteiger partial charge is 0.421 e. The number of hydrogen-bond acceptors (Lipinski definition) is 5. The zero-order valence-electron chi connectivity index (χ0n) is 12.1. The van der Waals surface area contributed by atoms with Crippen molar-refractivity contribution in [3.05, 3.63) is 58.3 Å². The second kappa shape index (κ2) is 5.75. The summed E-state index contributed by atoms with van der Waals surface area (Å²) in [6, 6.07) is 7.91. The van der Waals surface area contributed by atoms with Crippen molar-refractivity contribution in [2.24, 2.45) is 0 Å². The van der Waals surface area contributed by atoms with Gasteiger partial charge in [0, 0.05) is 24.2 Å². The van der Waals surface area contributed by atoms with Crippen LogP contribution in [0.4, 0.5) is 18.9 Å². The van der Waals surface area contributed by atoms with Crippen molar-refractivity contribution >= 4 is 5.69 Å². The van der Waals surface area contributed by atoms with Gasteiger partial charge >= 0.3 is 11.9 Å². The molecule has 0 radical (unpaired) electrons. The predicted molar refractivity (Wildman–Crippen MR) is 75.7 cm³/mol. The maximum absolute atomic E-state index is 13.5. The third-order valence-corrected chi connectivity index (χ3v) is 3.74. The predicted octanol–water partition coefficient (Wildman–Crippen LogP) is 3.96. The molecule has 1 aliphatic heterocycles. The van der Waals surface area contributed by atoms with Gasteiger partial charge in [-0.2, -0.15) is 13.2 Å². The zero-order chi connectivity index (χ0) is 17.4. The van der Waals surface area contributed by atoms with Gasteiger partial charge in [-0.05, 0) is 12.1 Å². The van der Waals surface area contributed by atoms with Gasteiger partial charge in [0.1, 0.15) is 5.75 Å². The fourth-order valence-electron chi connectivity index (χ4n) is 2.49. The fourth-order valence-corrected chi connectivity index (χ4v) is 2.49. The van der Waals surface area contributed by atoms with Crippen molar-refractivity contribution in [3.63, 3.8) is 0 Å².